The predicted molar refractivity (Wildman–Crippen MR) is 88.7 cm³/mol. The summed E-state index contributed by atoms with van der Waals surface area (Å²) in [5.41, 5.74) is 2.35. The van der Waals surface area contributed by atoms with Gasteiger partial charge in [0, 0.05) is 18.5 Å². The van der Waals surface area contributed by atoms with Crippen LogP contribution in [0.15, 0.2) is 36.0 Å². The first-order valence-electron chi connectivity index (χ1n) is 7.37. The third-order valence-electron chi connectivity index (χ3n) is 3.03. The van der Waals surface area contributed by atoms with Gasteiger partial charge in [0.2, 0.25) is 5.91 Å². The number of allylic oxidation sites excluding steroid dienone is 3. The Morgan fingerprint density at radius 2 is 1.70 bits per heavy atom. The van der Waals surface area contributed by atoms with Crippen molar-refractivity contribution in [1.29, 1.82) is 0 Å². The van der Waals surface area contributed by atoms with E-state index in [2.05, 4.69) is 39.5 Å². The van der Waals surface area contributed by atoms with Gasteiger partial charge in [-0.2, -0.15) is 0 Å². The highest BCUT2D eigenvalue weighted by atomic mass is 16.2. The van der Waals surface area contributed by atoms with Crippen molar-refractivity contribution >= 4 is 5.91 Å². The van der Waals surface area contributed by atoms with Crippen molar-refractivity contribution in [3.05, 3.63) is 36.0 Å². The molecule has 1 amide bonds. The van der Waals surface area contributed by atoms with E-state index in [1.165, 1.54) is 11.1 Å². The van der Waals surface area contributed by atoms with Gasteiger partial charge < -0.3 is 4.90 Å². The Bertz CT molecular complexity index is 379. The van der Waals surface area contributed by atoms with Gasteiger partial charge in [0.25, 0.3) is 0 Å². The quantitative estimate of drug-likeness (QED) is 0.615. The van der Waals surface area contributed by atoms with Gasteiger partial charge in [-0.3, -0.25) is 4.79 Å². The van der Waals surface area contributed by atoms with Gasteiger partial charge in [0.15, 0.2) is 0 Å². The fraction of sp³-hybridized carbons (Fsp3) is 0.611. The molecule has 0 aliphatic carbocycles. The number of hydrogen-bond acceptors (Lipinski definition) is 1. The van der Waals surface area contributed by atoms with Crippen LogP contribution in [0.1, 0.15) is 54.4 Å². The third kappa shape index (κ3) is 7.98. The molecule has 0 radical (unpaired) electrons. The topological polar surface area (TPSA) is 20.3 Å². The highest BCUT2D eigenvalue weighted by Crippen LogP contribution is 2.17. The Labute approximate surface area is 125 Å². The molecule has 0 aromatic rings. The van der Waals surface area contributed by atoms with Gasteiger partial charge in [-0.15, -0.1) is 6.58 Å². The normalized spacial score (nSPS) is 12.0. The Morgan fingerprint density at radius 3 is 2.15 bits per heavy atom. The van der Waals surface area contributed by atoms with Gasteiger partial charge >= 0.3 is 0 Å². The van der Waals surface area contributed by atoms with Crippen molar-refractivity contribution in [2.45, 2.75) is 54.4 Å². The Balaban J connectivity index is 4.57. The molecule has 0 aliphatic rings. The lowest BCUT2D eigenvalue weighted by Crippen LogP contribution is -2.39. The van der Waals surface area contributed by atoms with E-state index >= 15 is 0 Å². The first-order chi connectivity index (χ1) is 9.18. The van der Waals surface area contributed by atoms with Crippen LogP contribution in [0.2, 0.25) is 0 Å². The third-order valence-corrected chi connectivity index (χ3v) is 3.03. The molecule has 0 atom stereocenters. The summed E-state index contributed by atoms with van der Waals surface area (Å²) >= 11 is 0. The van der Waals surface area contributed by atoms with Gasteiger partial charge in [-0.25, -0.2) is 0 Å². The molecule has 0 aliphatic heterocycles. The molecule has 0 saturated carbocycles. The second-order valence-electron chi connectivity index (χ2n) is 6.62. The lowest BCUT2D eigenvalue weighted by molar-refractivity contribution is -0.138. The minimum atomic E-state index is -0.340. The molecule has 20 heavy (non-hydrogen) atoms. The number of rotatable bonds is 7. The Morgan fingerprint density at radius 1 is 1.10 bits per heavy atom. The molecule has 0 fully saturated rings. The average molecular weight is 277 g/mol. The molecule has 0 spiro atoms. The van der Waals surface area contributed by atoms with Crippen molar-refractivity contribution in [2.75, 3.05) is 13.1 Å². The maximum Gasteiger partial charge on any atom is 0.228 e. The lowest BCUT2D eigenvalue weighted by Gasteiger charge is -2.28. The van der Waals surface area contributed by atoms with Crippen molar-refractivity contribution in [3.63, 3.8) is 0 Å². The molecule has 0 aromatic heterocycles. The molecule has 0 saturated heterocycles. The zero-order valence-corrected chi connectivity index (χ0v) is 14.1. The molecule has 0 aromatic carbocycles. The highest BCUT2D eigenvalue weighted by Gasteiger charge is 2.25. The fourth-order valence-corrected chi connectivity index (χ4v) is 1.83. The molecule has 0 bridgehead atoms. The van der Waals surface area contributed by atoms with Crippen LogP contribution in [0.25, 0.3) is 0 Å². The summed E-state index contributed by atoms with van der Waals surface area (Å²) in [6.45, 7) is 17.2. The van der Waals surface area contributed by atoms with Gasteiger partial charge in [-0.05, 0) is 33.6 Å². The van der Waals surface area contributed by atoms with Crippen LogP contribution in [-0.4, -0.2) is 23.9 Å². The Kier molecular flexibility index (Phi) is 8.21. The summed E-state index contributed by atoms with van der Waals surface area (Å²) < 4.78 is 0. The molecule has 2 heteroatoms. The molecular formula is C18H31NO. The second kappa shape index (κ2) is 8.78. The van der Waals surface area contributed by atoms with Gasteiger partial charge in [0.1, 0.15) is 0 Å². The molecular weight excluding hydrogens is 246 g/mol. The highest BCUT2D eigenvalue weighted by molar-refractivity contribution is 5.81. The second-order valence-corrected chi connectivity index (χ2v) is 6.62. The van der Waals surface area contributed by atoms with E-state index in [9.17, 15) is 4.79 Å². The smallest absolute Gasteiger partial charge is 0.228 e. The minimum absolute atomic E-state index is 0.172. The molecule has 0 N–H and O–H groups in total. The molecule has 0 unspecified atom stereocenters. The van der Waals surface area contributed by atoms with Crippen LogP contribution in [-0.2, 0) is 4.79 Å². The first-order valence-corrected chi connectivity index (χ1v) is 7.37. The van der Waals surface area contributed by atoms with Crippen molar-refractivity contribution in [3.8, 4) is 0 Å². The lowest BCUT2D eigenvalue weighted by atomic mass is 9.94. The maximum absolute atomic E-state index is 12.3. The standard InChI is InChI=1S/C18H31NO/c1-8-13-19(17(20)18(5,6)7)14-12-16(4)11-9-10-15(2)3/h8,10,12H,1,9,11,13-14H2,2-7H3. The van der Waals surface area contributed by atoms with E-state index in [-0.39, 0.29) is 11.3 Å². The number of carbonyl (C=O) groups is 1. The SMILES string of the molecule is C=CCN(CC=C(C)CCC=C(C)C)C(=O)C(C)(C)C. The van der Waals surface area contributed by atoms with Crippen molar-refractivity contribution in [2.24, 2.45) is 5.41 Å². The molecule has 114 valence electrons. The van der Waals surface area contributed by atoms with E-state index in [1.807, 2.05) is 25.7 Å². The number of hydrogen-bond donors (Lipinski definition) is 0. The maximum atomic E-state index is 12.3. The fourth-order valence-electron chi connectivity index (χ4n) is 1.83. The van der Waals surface area contributed by atoms with Crippen LogP contribution in [0, 0.1) is 5.41 Å². The van der Waals surface area contributed by atoms with Crippen LogP contribution in [0.4, 0.5) is 0 Å². The zero-order valence-electron chi connectivity index (χ0n) is 14.1. The van der Waals surface area contributed by atoms with E-state index in [0.29, 0.717) is 13.1 Å². The zero-order chi connectivity index (χ0) is 15.8. The molecule has 0 heterocycles. The van der Waals surface area contributed by atoms with Gasteiger partial charge in [0.05, 0.1) is 0 Å². The Hall–Kier alpha value is -1.31. The predicted octanol–water partition coefficient (Wildman–Crippen LogP) is 4.74. The summed E-state index contributed by atoms with van der Waals surface area (Å²) in [5, 5.41) is 0. The molecule has 2 nitrogen and oxygen atoms in total. The summed E-state index contributed by atoms with van der Waals surface area (Å²) in [5.74, 6) is 0.172. The number of carbonyl (C=O) groups excluding carboxylic acids is 1. The van der Waals surface area contributed by atoms with E-state index in [4.69, 9.17) is 0 Å². The summed E-state index contributed by atoms with van der Waals surface area (Å²) in [6.07, 6.45) is 8.32. The van der Waals surface area contributed by atoms with E-state index in [0.717, 1.165) is 12.8 Å². The largest absolute Gasteiger partial charge is 0.335 e. The van der Waals surface area contributed by atoms with Gasteiger partial charge in [-0.1, -0.05) is 50.1 Å². The van der Waals surface area contributed by atoms with Crippen molar-refractivity contribution in [1.82, 2.24) is 4.90 Å². The number of amides is 1. The summed E-state index contributed by atoms with van der Waals surface area (Å²) in [7, 11) is 0. The van der Waals surface area contributed by atoms with E-state index < -0.39 is 0 Å². The van der Waals surface area contributed by atoms with Crippen LogP contribution in [0.5, 0.6) is 0 Å². The van der Waals surface area contributed by atoms with Crippen LogP contribution < -0.4 is 0 Å². The van der Waals surface area contributed by atoms with Crippen LogP contribution >= 0.6 is 0 Å². The first kappa shape index (κ1) is 18.7. The average Bonchev–Trinajstić information content (AvgIpc) is 2.32. The number of nitrogens with zero attached hydrogens (tertiary/aromatic N) is 1. The van der Waals surface area contributed by atoms with Crippen molar-refractivity contribution < 1.29 is 4.79 Å². The molecule has 0 rings (SSSR count). The van der Waals surface area contributed by atoms with Crippen LogP contribution in [0.3, 0.4) is 0 Å². The summed E-state index contributed by atoms with van der Waals surface area (Å²) in [6, 6.07) is 0. The minimum Gasteiger partial charge on any atom is -0.335 e. The monoisotopic (exact) mass is 277 g/mol. The van der Waals surface area contributed by atoms with E-state index in [1.54, 1.807) is 6.08 Å². The summed E-state index contributed by atoms with van der Waals surface area (Å²) in [4.78, 5) is 14.2.